The maximum atomic E-state index is 12.4. The normalized spacial score (nSPS) is 13.8. The zero-order valence-electron chi connectivity index (χ0n) is 11.3. The highest BCUT2D eigenvalue weighted by molar-refractivity contribution is 6.00. The number of anilines is 1. The molecule has 3 N–H and O–H groups in total. The number of hydrogen-bond donors (Lipinski definition) is 2. The predicted octanol–water partition coefficient (Wildman–Crippen LogP) is 1.14. The molecule has 2 rings (SSSR count). The van der Waals surface area contributed by atoms with E-state index in [1.54, 1.807) is 13.0 Å². The number of esters is 1. The minimum atomic E-state index is -0.448. The number of aromatic hydroxyl groups is 1. The lowest BCUT2D eigenvalue weighted by molar-refractivity contribution is -0.144. The molecule has 0 aliphatic heterocycles. The van der Waals surface area contributed by atoms with E-state index in [0.29, 0.717) is 0 Å². The van der Waals surface area contributed by atoms with Crippen molar-refractivity contribution in [2.45, 2.75) is 25.8 Å². The monoisotopic (exact) mass is 278 g/mol. The van der Waals surface area contributed by atoms with Crippen LogP contribution in [0.3, 0.4) is 0 Å². The first-order chi connectivity index (χ1) is 9.54. The van der Waals surface area contributed by atoms with Gasteiger partial charge in [-0.25, -0.2) is 0 Å². The molecule has 0 unspecified atom stereocenters. The van der Waals surface area contributed by atoms with Gasteiger partial charge in [-0.1, -0.05) is 6.07 Å². The van der Waals surface area contributed by atoms with Gasteiger partial charge in [0.05, 0.1) is 17.9 Å². The van der Waals surface area contributed by atoms with E-state index in [4.69, 9.17) is 10.5 Å². The molecule has 0 bridgehead atoms. The maximum absolute atomic E-state index is 12.4. The highest BCUT2D eigenvalue weighted by atomic mass is 16.5. The van der Waals surface area contributed by atoms with Crippen molar-refractivity contribution in [2.75, 3.05) is 18.9 Å². The molecule has 1 aromatic rings. The van der Waals surface area contributed by atoms with Crippen LogP contribution < -0.4 is 5.73 Å². The van der Waals surface area contributed by atoms with Crippen molar-refractivity contribution in [1.29, 1.82) is 0 Å². The van der Waals surface area contributed by atoms with Crippen LogP contribution in [0, 0.1) is 0 Å². The van der Waals surface area contributed by atoms with Crippen molar-refractivity contribution in [3.63, 3.8) is 0 Å². The number of benzene rings is 1. The van der Waals surface area contributed by atoms with E-state index >= 15 is 0 Å². The van der Waals surface area contributed by atoms with Gasteiger partial charge in [-0.15, -0.1) is 0 Å². The number of carbonyl (C=O) groups is 2. The molecule has 20 heavy (non-hydrogen) atoms. The Hall–Kier alpha value is -2.24. The van der Waals surface area contributed by atoms with Crippen molar-refractivity contribution < 1.29 is 19.4 Å². The summed E-state index contributed by atoms with van der Waals surface area (Å²) in [5, 5.41) is 9.87. The first-order valence-corrected chi connectivity index (χ1v) is 6.58. The lowest BCUT2D eigenvalue weighted by atomic mass is 10.1. The predicted molar refractivity (Wildman–Crippen MR) is 73.2 cm³/mol. The van der Waals surface area contributed by atoms with Gasteiger partial charge in [0.2, 0.25) is 0 Å². The summed E-state index contributed by atoms with van der Waals surface area (Å²) in [5.74, 6) is -1.09. The molecular weight excluding hydrogens is 260 g/mol. The average Bonchev–Trinajstić information content (AvgIpc) is 3.23. The summed E-state index contributed by atoms with van der Waals surface area (Å²) < 4.78 is 4.87. The fourth-order valence-electron chi connectivity index (χ4n) is 1.99. The van der Waals surface area contributed by atoms with E-state index < -0.39 is 11.9 Å². The van der Waals surface area contributed by atoms with Crippen LogP contribution in [0.1, 0.15) is 30.1 Å². The van der Waals surface area contributed by atoms with E-state index in [-0.39, 0.29) is 36.2 Å². The first kappa shape index (κ1) is 14.2. The Labute approximate surface area is 117 Å². The molecule has 0 saturated heterocycles. The Morgan fingerprint density at radius 2 is 2.15 bits per heavy atom. The molecular formula is C14H18N2O4. The van der Waals surface area contributed by atoms with E-state index in [1.165, 1.54) is 17.0 Å². The molecule has 1 aliphatic carbocycles. The number of phenolic OH excluding ortho intramolecular Hbond substituents is 1. The highest BCUT2D eigenvalue weighted by Gasteiger charge is 2.35. The quantitative estimate of drug-likeness (QED) is 0.478. The lowest BCUT2D eigenvalue weighted by Crippen LogP contribution is -2.38. The van der Waals surface area contributed by atoms with E-state index in [9.17, 15) is 14.7 Å². The SMILES string of the molecule is CCOC(=O)CN(C(=O)c1cccc(N)c1O)C1CC1. The van der Waals surface area contributed by atoms with Crippen molar-refractivity contribution in [3.8, 4) is 5.75 Å². The number of carbonyl (C=O) groups excluding carboxylic acids is 2. The molecule has 0 radical (unpaired) electrons. The molecule has 1 saturated carbocycles. The molecule has 1 aliphatic rings. The fraction of sp³-hybridized carbons (Fsp3) is 0.429. The molecule has 108 valence electrons. The Balaban J connectivity index is 2.19. The molecule has 6 nitrogen and oxygen atoms in total. The number of rotatable bonds is 5. The summed E-state index contributed by atoms with van der Waals surface area (Å²) in [5.41, 5.74) is 5.84. The van der Waals surface area contributed by atoms with Gasteiger partial charge in [0, 0.05) is 6.04 Å². The third kappa shape index (κ3) is 3.01. The standard InChI is InChI=1S/C14H18N2O4/c1-2-20-12(17)8-16(9-6-7-9)14(19)10-4-3-5-11(15)13(10)18/h3-5,9,18H,2,6-8,15H2,1H3. The summed E-state index contributed by atoms with van der Waals surface area (Å²) in [4.78, 5) is 25.4. The third-order valence-electron chi connectivity index (χ3n) is 3.15. The number of nitrogens with two attached hydrogens (primary N) is 1. The van der Waals surface area contributed by atoms with Crippen LogP contribution in [0.25, 0.3) is 0 Å². The van der Waals surface area contributed by atoms with Crippen molar-refractivity contribution >= 4 is 17.6 Å². The van der Waals surface area contributed by atoms with Gasteiger partial charge in [-0.3, -0.25) is 9.59 Å². The van der Waals surface area contributed by atoms with Crippen LogP contribution in [-0.4, -0.2) is 41.1 Å². The summed E-state index contributed by atoms with van der Waals surface area (Å²) in [6, 6.07) is 4.64. The number of nitrogens with zero attached hydrogens (tertiary/aromatic N) is 1. The minimum Gasteiger partial charge on any atom is -0.505 e. The molecule has 0 heterocycles. The first-order valence-electron chi connectivity index (χ1n) is 6.58. The second kappa shape index (κ2) is 5.81. The maximum Gasteiger partial charge on any atom is 0.325 e. The topological polar surface area (TPSA) is 92.9 Å². The smallest absolute Gasteiger partial charge is 0.325 e. The van der Waals surface area contributed by atoms with Gasteiger partial charge in [0.25, 0.3) is 5.91 Å². The summed E-state index contributed by atoms with van der Waals surface area (Å²) in [6.45, 7) is 1.88. The molecule has 1 aromatic carbocycles. The van der Waals surface area contributed by atoms with Gasteiger partial charge in [-0.05, 0) is 31.9 Å². The molecule has 1 amide bonds. The van der Waals surface area contributed by atoms with Gasteiger partial charge < -0.3 is 20.5 Å². The van der Waals surface area contributed by atoms with Crippen LogP contribution in [-0.2, 0) is 9.53 Å². The molecule has 6 heteroatoms. The summed E-state index contributed by atoms with van der Waals surface area (Å²) >= 11 is 0. The number of hydrogen-bond acceptors (Lipinski definition) is 5. The number of phenols is 1. The second-order valence-electron chi connectivity index (χ2n) is 4.71. The molecule has 0 atom stereocenters. The average molecular weight is 278 g/mol. The molecule has 0 spiro atoms. The Morgan fingerprint density at radius 3 is 2.75 bits per heavy atom. The minimum absolute atomic E-state index is 0.0349. The molecule has 1 fully saturated rings. The largest absolute Gasteiger partial charge is 0.505 e. The Bertz CT molecular complexity index is 526. The van der Waals surface area contributed by atoms with Crippen molar-refractivity contribution in [1.82, 2.24) is 4.90 Å². The zero-order chi connectivity index (χ0) is 14.7. The van der Waals surface area contributed by atoms with E-state index in [1.807, 2.05) is 0 Å². The van der Waals surface area contributed by atoms with Crippen LogP contribution in [0.2, 0.25) is 0 Å². The van der Waals surface area contributed by atoms with Crippen LogP contribution in [0.5, 0.6) is 5.75 Å². The Morgan fingerprint density at radius 1 is 1.45 bits per heavy atom. The molecule has 0 aromatic heterocycles. The fourth-order valence-corrected chi connectivity index (χ4v) is 1.99. The van der Waals surface area contributed by atoms with E-state index in [2.05, 4.69) is 0 Å². The number of ether oxygens (including phenoxy) is 1. The third-order valence-corrected chi connectivity index (χ3v) is 3.15. The Kier molecular flexibility index (Phi) is 4.12. The summed E-state index contributed by atoms with van der Waals surface area (Å²) in [7, 11) is 0. The van der Waals surface area contributed by atoms with Gasteiger partial charge in [-0.2, -0.15) is 0 Å². The van der Waals surface area contributed by atoms with Gasteiger partial charge >= 0.3 is 5.97 Å². The van der Waals surface area contributed by atoms with Crippen LogP contribution in [0.15, 0.2) is 18.2 Å². The number of amides is 1. The number of para-hydroxylation sites is 1. The van der Waals surface area contributed by atoms with Crippen molar-refractivity contribution in [3.05, 3.63) is 23.8 Å². The number of nitrogen functional groups attached to an aromatic ring is 1. The van der Waals surface area contributed by atoms with E-state index in [0.717, 1.165) is 12.8 Å². The van der Waals surface area contributed by atoms with Crippen LogP contribution in [0.4, 0.5) is 5.69 Å². The lowest BCUT2D eigenvalue weighted by Gasteiger charge is -2.22. The summed E-state index contributed by atoms with van der Waals surface area (Å²) in [6.07, 6.45) is 1.71. The van der Waals surface area contributed by atoms with Gasteiger partial charge in [0.1, 0.15) is 6.54 Å². The zero-order valence-corrected chi connectivity index (χ0v) is 11.3. The van der Waals surface area contributed by atoms with Gasteiger partial charge in [0.15, 0.2) is 5.75 Å². The van der Waals surface area contributed by atoms with Crippen molar-refractivity contribution in [2.24, 2.45) is 0 Å². The van der Waals surface area contributed by atoms with Crippen LogP contribution >= 0.6 is 0 Å². The second-order valence-corrected chi connectivity index (χ2v) is 4.71. The highest BCUT2D eigenvalue weighted by Crippen LogP contribution is 2.31.